The van der Waals surface area contributed by atoms with Crippen LogP contribution in [0.15, 0.2) is 35.2 Å². The molecular weight excluding hydrogens is 417 g/mol. The molecular formula is C20H23ClFN3O3S. The molecule has 1 aliphatic rings. The van der Waals surface area contributed by atoms with Crippen LogP contribution in [-0.2, 0) is 21.2 Å². The Kier molecular flexibility index (Phi) is 6.01. The molecule has 0 fully saturated rings. The number of nitrogens with one attached hydrogen (secondary N) is 1. The molecule has 0 bridgehead atoms. The van der Waals surface area contributed by atoms with E-state index in [9.17, 15) is 17.6 Å². The summed E-state index contributed by atoms with van der Waals surface area (Å²) in [5.41, 5.74) is 4.46. The molecule has 0 saturated carbocycles. The van der Waals surface area contributed by atoms with Crippen LogP contribution in [0.2, 0.25) is 5.02 Å². The number of nitrogens with zero attached hydrogens (tertiary/aromatic N) is 1. The molecule has 9 heteroatoms. The zero-order valence-corrected chi connectivity index (χ0v) is 17.9. The van der Waals surface area contributed by atoms with Gasteiger partial charge in [0.1, 0.15) is 11.9 Å². The van der Waals surface area contributed by atoms with Crippen LogP contribution in [0.1, 0.15) is 35.1 Å². The second kappa shape index (κ2) is 8.02. The standard InChI is InChI=1S/C20H23ClFN3O3S/c1-11-4-6-16(22)18(12(11)2)13(3)19(20(26)24-23)25-9-8-14-10-15(21)5-7-17(14)29(25,27)28/h4-7,10,13,19H,8-9,23H2,1-3H3,(H,24,26). The van der Waals surface area contributed by atoms with Crippen LogP contribution in [0.4, 0.5) is 4.39 Å². The summed E-state index contributed by atoms with van der Waals surface area (Å²) in [6, 6.07) is 6.30. The molecule has 1 amide bonds. The van der Waals surface area contributed by atoms with Crippen molar-refractivity contribution in [3.05, 3.63) is 63.4 Å². The van der Waals surface area contributed by atoms with Crippen LogP contribution in [0.5, 0.6) is 0 Å². The smallest absolute Gasteiger partial charge is 0.252 e. The number of fused-ring (bicyclic) bond motifs is 1. The molecule has 6 nitrogen and oxygen atoms in total. The van der Waals surface area contributed by atoms with Gasteiger partial charge in [-0.05, 0) is 66.8 Å². The number of sulfonamides is 1. The minimum absolute atomic E-state index is 0.0601. The lowest BCUT2D eigenvalue weighted by molar-refractivity contribution is -0.125. The van der Waals surface area contributed by atoms with Crippen molar-refractivity contribution in [3.63, 3.8) is 0 Å². The minimum atomic E-state index is -4.01. The fourth-order valence-corrected chi connectivity index (χ4v) is 6.06. The maximum Gasteiger partial charge on any atom is 0.252 e. The van der Waals surface area contributed by atoms with Gasteiger partial charge < -0.3 is 0 Å². The third-order valence-electron chi connectivity index (χ3n) is 5.59. The zero-order valence-electron chi connectivity index (χ0n) is 16.4. The molecule has 0 saturated heterocycles. The molecule has 2 aromatic carbocycles. The number of benzene rings is 2. The maximum absolute atomic E-state index is 14.7. The summed E-state index contributed by atoms with van der Waals surface area (Å²) in [7, 11) is -4.01. The van der Waals surface area contributed by atoms with E-state index < -0.39 is 33.7 Å². The lowest BCUT2D eigenvalue weighted by Crippen LogP contribution is -2.55. The molecule has 29 heavy (non-hydrogen) atoms. The Hall–Kier alpha value is -2.00. The molecule has 2 unspecified atom stereocenters. The molecule has 3 rings (SSSR count). The van der Waals surface area contributed by atoms with Crippen LogP contribution in [-0.4, -0.2) is 31.2 Å². The van der Waals surface area contributed by atoms with E-state index in [0.717, 1.165) is 9.87 Å². The summed E-state index contributed by atoms with van der Waals surface area (Å²) in [6.45, 7) is 5.28. The quantitative estimate of drug-likeness (QED) is 0.435. The van der Waals surface area contributed by atoms with Gasteiger partial charge in [-0.15, -0.1) is 0 Å². The summed E-state index contributed by atoms with van der Waals surface area (Å²) >= 11 is 5.99. The van der Waals surface area contributed by atoms with Crippen molar-refractivity contribution in [2.75, 3.05) is 6.54 Å². The van der Waals surface area contributed by atoms with Gasteiger partial charge in [-0.1, -0.05) is 24.6 Å². The van der Waals surface area contributed by atoms with Gasteiger partial charge in [0.25, 0.3) is 5.91 Å². The second-order valence-electron chi connectivity index (χ2n) is 7.26. The summed E-state index contributed by atoms with van der Waals surface area (Å²) in [4.78, 5) is 12.8. The number of carbonyl (C=O) groups excluding carboxylic acids is 1. The normalized spacial score (nSPS) is 18.0. The first kappa shape index (κ1) is 21.7. The fraction of sp³-hybridized carbons (Fsp3) is 0.350. The Morgan fingerprint density at radius 2 is 1.97 bits per heavy atom. The van der Waals surface area contributed by atoms with Crippen molar-refractivity contribution in [2.45, 2.75) is 44.0 Å². The number of aryl methyl sites for hydroxylation is 1. The number of halogens is 2. The molecule has 2 aromatic rings. The topological polar surface area (TPSA) is 92.5 Å². The van der Waals surface area contributed by atoms with E-state index in [1.807, 2.05) is 12.3 Å². The second-order valence-corrected chi connectivity index (χ2v) is 9.56. The molecule has 0 aliphatic carbocycles. The van der Waals surface area contributed by atoms with Crippen molar-refractivity contribution >= 4 is 27.5 Å². The number of carbonyl (C=O) groups is 1. The van der Waals surface area contributed by atoms with Gasteiger partial charge in [-0.2, -0.15) is 4.31 Å². The lowest BCUT2D eigenvalue weighted by Gasteiger charge is -2.37. The zero-order chi connectivity index (χ0) is 21.5. The molecule has 0 aromatic heterocycles. The van der Waals surface area contributed by atoms with Crippen LogP contribution < -0.4 is 11.3 Å². The summed E-state index contributed by atoms with van der Waals surface area (Å²) in [5, 5.41) is 0.439. The molecule has 3 N–H and O–H groups in total. The van der Waals surface area contributed by atoms with E-state index >= 15 is 0 Å². The van der Waals surface area contributed by atoms with Gasteiger partial charge in [0.05, 0.1) is 4.90 Å². The van der Waals surface area contributed by atoms with Crippen LogP contribution >= 0.6 is 11.6 Å². The van der Waals surface area contributed by atoms with E-state index in [4.69, 9.17) is 17.4 Å². The fourth-order valence-electron chi connectivity index (χ4n) is 3.97. The van der Waals surface area contributed by atoms with E-state index in [0.29, 0.717) is 28.1 Å². The summed E-state index contributed by atoms with van der Waals surface area (Å²) in [6.07, 6.45) is 0.380. The Morgan fingerprint density at radius 3 is 2.62 bits per heavy atom. The lowest BCUT2D eigenvalue weighted by atomic mass is 9.87. The average Bonchev–Trinajstić information content (AvgIpc) is 2.66. The largest absolute Gasteiger partial charge is 0.293 e. The Morgan fingerprint density at radius 1 is 1.28 bits per heavy atom. The third-order valence-corrected chi connectivity index (χ3v) is 7.81. The highest BCUT2D eigenvalue weighted by molar-refractivity contribution is 7.89. The molecule has 1 heterocycles. The van der Waals surface area contributed by atoms with Crippen molar-refractivity contribution in [3.8, 4) is 0 Å². The first-order chi connectivity index (χ1) is 13.6. The summed E-state index contributed by atoms with van der Waals surface area (Å²) in [5.74, 6) is 3.43. The number of amides is 1. The first-order valence-corrected chi connectivity index (χ1v) is 11.0. The summed E-state index contributed by atoms with van der Waals surface area (Å²) < 4.78 is 42.5. The third kappa shape index (κ3) is 3.77. The number of hydrogen-bond donors (Lipinski definition) is 2. The van der Waals surface area contributed by atoms with Crippen molar-refractivity contribution < 1.29 is 17.6 Å². The van der Waals surface area contributed by atoms with Crippen molar-refractivity contribution in [2.24, 2.45) is 5.84 Å². The van der Waals surface area contributed by atoms with Gasteiger partial charge in [-0.25, -0.2) is 18.7 Å². The first-order valence-electron chi connectivity index (χ1n) is 9.16. The monoisotopic (exact) mass is 439 g/mol. The van der Waals surface area contributed by atoms with Crippen LogP contribution in [0.3, 0.4) is 0 Å². The van der Waals surface area contributed by atoms with Gasteiger partial charge in [0.15, 0.2) is 0 Å². The predicted molar refractivity (Wildman–Crippen MR) is 109 cm³/mol. The maximum atomic E-state index is 14.7. The predicted octanol–water partition coefficient (Wildman–Crippen LogP) is 2.80. The highest BCUT2D eigenvalue weighted by Crippen LogP contribution is 2.36. The number of hydrazine groups is 1. The van der Waals surface area contributed by atoms with Crippen molar-refractivity contribution in [1.29, 1.82) is 0 Å². The van der Waals surface area contributed by atoms with E-state index in [1.54, 1.807) is 26.0 Å². The highest BCUT2D eigenvalue weighted by atomic mass is 35.5. The van der Waals surface area contributed by atoms with Crippen molar-refractivity contribution in [1.82, 2.24) is 9.73 Å². The highest BCUT2D eigenvalue weighted by Gasteiger charge is 2.43. The minimum Gasteiger partial charge on any atom is -0.293 e. The SMILES string of the molecule is Cc1ccc(F)c(C(C)C(C(=O)NN)N2CCc3cc(Cl)ccc3S2(=O)=O)c1C. The van der Waals surface area contributed by atoms with Gasteiger partial charge in [0.2, 0.25) is 10.0 Å². The van der Waals surface area contributed by atoms with Gasteiger partial charge >= 0.3 is 0 Å². The van der Waals surface area contributed by atoms with Crippen LogP contribution in [0, 0.1) is 19.7 Å². The van der Waals surface area contributed by atoms with E-state index in [2.05, 4.69) is 0 Å². The average molecular weight is 440 g/mol. The molecule has 0 radical (unpaired) electrons. The van der Waals surface area contributed by atoms with E-state index in [-0.39, 0.29) is 11.4 Å². The van der Waals surface area contributed by atoms with Crippen LogP contribution in [0.25, 0.3) is 0 Å². The number of hydrogen-bond acceptors (Lipinski definition) is 4. The Bertz CT molecular complexity index is 1070. The molecule has 0 spiro atoms. The molecule has 2 atom stereocenters. The van der Waals surface area contributed by atoms with E-state index in [1.165, 1.54) is 18.2 Å². The molecule has 156 valence electrons. The Balaban J connectivity index is 2.13. The number of nitrogens with two attached hydrogens (primary N) is 1. The van der Waals surface area contributed by atoms with Gasteiger partial charge in [-0.3, -0.25) is 10.2 Å². The number of rotatable bonds is 4. The molecule has 1 aliphatic heterocycles. The van der Waals surface area contributed by atoms with Gasteiger partial charge in [0, 0.05) is 17.5 Å². The Labute approximate surface area is 174 Å².